The summed E-state index contributed by atoms with van der Waals surface area (Å²) in [5.74, 6) is 1.98. The fourth-order valence-electron chi connectivity index (χ4n) is 2.72. The second-order valence-electron chi connectivity index (χ2n) is 5.37. The molecule has 0 atom stereocenters. The number of rotatable bonds is 3. The molecule has 0 saturated heterocycles. The molecule has 0 unspecified atom stereocenters. The lowest BCUT2D eigenvalue weighted by molar-refractivity contribution is 0.318. The Labute approximate surface area is 96.2 Å². The Hall–Kier alpha value is -0.900. The van der Waals surface area contributed by atoms with Gasteiger partial charge in [-0.25, -0.2) is 0 Å². The van der Waals surface area contributed by atoms with Crippen molar-refractivity contribution in [3.05, 3.63) is 12.2 Å². The summed E-state index contributed by atoms with van der Waals surface area (Å²) in [5, 5.41) is 8.32. The quantitative estimate of drug-likeness (QED) is 0.843. The Kier molecular flexibility index (Phi) is 2.67. The first-order valence-electron chi connectivity index (χ1n) is 6.47. The molecule has 88 valence electrons. The molecule has 1 aromatic heterocycles. The van der Waals surface area contributed by atoms with Crippen molar-refractivity contribution >= 4 is 0 Å². The molecule has 16 heavy (non-hydrogen) atoms. The Morgan fingerprint density at radius 1 is 1.19 bits per heavy atom. The van der Waals surface area contributed by atoms with Gasteiger partial charge in [0.05, 0.1) is 0 Å². The van der Waals surface area contributed by atoms with Gasteiger partial charge in [0.2, 0.25) is 0 Å². The van der Waals surface area contributed by atoms with E-state index in [9.17, 15) is 0 Å². The van der Waals surface area contributed by atoms with Gasteiger partial charge in [-0.3, -0.25) is 0 Å². The molecule has 0 spiro atoms. The molecule has 1 aromatic rings. The highest BCUT2D eigenvalue weighted by Gasteiger charge is 2.27. The standard InChI is InChI=1S/C12H20N4/c13-10-3-1-9(2-4-10)7-12-15-14-8-16(12)11-5-6-11/h8-11H,1-7,13H2. The van der Waals surface area contributed by atoms with Gasteiger partial charge in [-0.2, -0.15) is 0 Å². The Bertz CT molecular complexity index is 348. The monoisotopic (exact) mass is 220 g/mol. The van der Waals surface area contributed by atoms with E-state index in [2.05, 4.69) is 14.8 Å². The van der Waals surface area contributed by atoms with Gasteiger partial charge >= 0.3 is 0 Å². The van der Waals surface area contributed by atoms with Crippen LogP contribution in [-0.2, 0) is 6.42 Å². The van der Waals surface area contributed by atoms with Crippen LogP contribution >= 0.6 is 0 Å². The lowest BCUT2D eigenvalue weighted by Crippen LogP contribution is -2.27. The van der Waals surface area contributed by atoms with Crippen LogP contribution in [0.5, 0.6) is 0 Å². The molecule has 3 rings (SSSR count). The Morgan fingerprint density at radius 3 is 2.62 bits per heavy atom. The van der Waals surface area contributed by atoms with E-state index in [-0.39, 0.29) is 0 Å². The van der Waals surface area contributed by atoms with Gasteiger partial charge in [-0.15, -0.1) is 10.2 Å². The van der Waals surface area contributed by atoms with Gasteiger partial charge in [-0.05, 0) is 44.4 Å². The fourth-order valence-corrected chi connectivity index (χ4v) is 2.72. The first kappa shape index (κ1) is 10.3. The van der Waals surface area contributed by atoms with Crippen molar-refractivity contribution in [1.29, 1.82) is 0 Å². The van der Waals surface area contributed by atoms with Crippen molar-refractivity contribution in [1.82, 2.24) is 14.8 Å². The van der Waals surface area contributed by atoms with Crippen LogP contribution in [0.2, 0.25) is 0 Å². The number of hydrogen-bond acceptors (Lipinski definition) is 3. The van der Waals surface area contributed by atoms with Gasteiger partial charge in [0.15, 0.2) is 0 Å². The third-order valence-electron chi connectivity index (χ3n) is 3.95. The molecule has 0 aromatic carbocycles. The van der Waals surface area contributed by atoms with Crippen LogP contribution in [0.4, 0.5) is 0 Å². The molecule has 2 aliphatic carbocycles. The van der Waals surface area contributed by atoms with Crippen molar-refractivity contribution in [3.63, 3.8) is 0 Å². The van der Waals surface area contributed by atoms with E-state index in [1.54, 1.807) is 0 Å². The zero-order valence-electron chi connectivity index (χ0n) is 9.68. The summed E-state index contributed by atoms with van der Waals surface area (Å²) in [6.45, 7) is 0. The average Bonchev–Trinajstić information content (AvgIpc) is 3.03. The molecule has 2 saturated carbocycles. The van der Waals surface area contributed by atoms with Crippen LogP contribution in [0.15, 0.2) is 6.33 Å². The predicted octanol–water partition coefficient (Wildman–Crippen LogP) is 1.67. The second kappa shape index (κ2) is 4.17. The maximum atomic E-state index is 5.93. The summed E-state index contributed by atoms with van der Waals surface area (Å²) >= 11 is 0. The van der Waals surface area contributed by atoms with Crippen LogP contribution in [0.25, 0.3) is 0 Å². The first-order chi connectivity index (χ1) is 7.83. The molecule has 1 heterocycles. The van der Waals surface area contributed by atoms with Crippen molar-refractivity contribution in [2.75, 3.05) is 0 Å². The number of nitrogens with two attached hydrogens (primary N) is 1. The summed E-state index contributed by atoms with van der Waals surface area (Å²) in [6, 6.07) is 1.15. The highest BCUT2D eigenvalue weighted by atomic mass is 15.3. The summed E-state index contributed by atoms with van der Waals surface area (Å²) in [4.78, 5) is 0. The van der Waals surface area contributed by atoms with Crippen LogP contribution < -0.4 is 5.73 Å². The van der Waals surface area contributed by atoms with Crippen LogP contribution in [0.3, 0.4) is 0 Å². The maximum absolute atomic E-state index is 5.93. The summed E-state index contributed by atoms with van der Waals surface area (Å²) in [6.07, 6.45) is 10.5. The highest BCUT2D eigenvalue weighted by molar-refractivity contribution is 4.96. The van der Waals surface area contributed by atoms with E-state index in [1.165, 1.54) is 44.3 Å². The minimum Gasteiger partial charge on any atom is -0.328 e. The largest absolute Gasteiger partial charge is 0.328 e. The Balaban J connectivity index is 1.62. The van der Waals surface area contributed by atoms with Gasteiger partial charge < -0.3 is 10.3 Å². The third-order valence-corrected chi connectivity index (χ3v) is 3.95. The zero-order valence-corrected chi connectivity index (χ0v) is 9.68. The average molecular weight is 220 g/mol. The minimum atomic E-state index is 0.442. The summed E-state index contributed by atoms with van der Waals surface area (Å²) in [7, 11) is 0. The molecule has 0 aliphatic heterocycles. The summed E-state index contributed by atoms with van der Waals surface area (Å²) < 4.78 is 2.29. The molecule has 2 aliphatic rings. The van der Waals surface area contributed by atoms with E-state index in [4.69, 9.17) is 5.73 Å². The number of hydrogen-bond donors (Lipinski definition) is 1. The normalized spacial score (nSPS) is 30.6. The van der Waals surface area contributed by atoms with Crippen molar-refractivity contribution < 1.29 is 0 Å². The molecular weight excluding hydrogens is 200 g/mol. The molecule has 2 N–H and O–H groups in total. The smallest absolute Gasteiger partial charge is 0.133 e. The van der Waals surface area contributed by atoms with Gasteiger partial charge in [0, 0.05) is 18.5 Å². The van der Waals surface area contributed by atoms with E-state index >= 15 is 0 Å². The van der Waals surface area contributed by atoms with E-state index in [0.717, 1.165) is 12.3 Å². The highest BCUT2D eigenvalue weighted by Crippen LogP contribution is 2.36. The SMILES string of the molecule is NC1CCC(Cc2nncn2C2CC2)CC1. The van der Waals surface area contributed by atoms with Crippen LogP contribution in [0, 0.1) is 5.92 Å². The fraction of sp³-hybridized carbons (Fsp3) is 0.833. The second-order valence-corrected chi connectivity index (χ2v) is 5.37. The predicted molar refractivity (Wildman–Crippen MR) is 61.9 cm³/mol. The molecular formula is C12H20N4. The van der Waals surface area contributed by atoms with Gasteiger partial charge in [0.1, 0.15) is 12.2 Å². The van der Waals surface area contributed by atoms with E-state index in [0.29, 0.717) is 12.1 Å². The van der Waals surface area contributed by atoms with E-state index in [1.807, 2.05) is 6.33 Å². The van der Waals surface area contributed by atoms with Gasteiger partial charge in [0.25, 0.3) is 0 Å². The van der Waals surface area contributed by atoms with Crippen molar-refractivity contribution in [2.24, 2.45) is 11.7 Å². The Morgan fingerprint density at radius 2 is 1.94 bits per heavy atom. The number of aromatic nitrogens is 3. The van der Waals surface area contributed by atoms with Crippen molar-refractivity contribution in [2.45, 2.75) is 57.0 Å². The molecule has 0 bridgehead atoms. The van der Waals surface area contributed by atoms with Crippen LogP contribution in [-0.4, -0.2) is 20.8 Å². The molecule has 4 nitrogen and oxygen atoms in total. The van der Waals surface area contributed by atoms with Gasteiger partial charge in [-0.1, -0.05) is 0 Å². The zero-order chi connectivity index (χ0) is 11.0. The van der Waals surface area contributed by atoms with E-state index < -0.39 is 0 Å². The summed E-state index contributed by atoms with van der Waals surface area (Å²) in [5.41, 5.74) is 5.93. The lowest BCUT2D eigenvalue weighted by Gasteiger charge is -2.25. The first-order valence-corrected chi connectivity index (χ1v) is 6.47. The molecule has 0 amide bonds. The molecule has 0 radical (unpaired) electrons. The number of nitrogens with zero attached hydrogens (tertiary/aromatic N) is 3. The third kappa shape index (κ3) is 2.12. The molecule has 4 heteroatoms. The van der Waals surface area contributed by atoms with Crippen LogP contribution in [0.1, 0.15) is 50.4 Å². The lowest BCUT2D eigenvalue weighted by atomic mass is 9.84. The minimum absolute atomic E-state index is 0.442. The maximum Gasteiger partial charge on any atom is 0.133 e. The van der Waals surface area contributed by atoms with Crippen molar-refractivity contribution in [3.8, 4) is 0 Å². The molecule has 2 fully saturated rings. The topological polar surface area (TPSA) is 56.7 Å².